The number of furan rings is 1. The van der Waals surface area contributed by atoms with Crippen molar-refractivity contribution in [2.45, 2.75) is 39.5 Å². The Kier molecular flexibility index (Phi) is 3.01. The van der Waals surface area contributed by atoms with Gasteiger partial charge in [0.15, 0.2) is 11.5 Å². The summed E-state index contributed by atoms with van der Waals surface area (Å²) in [5.41, 5.74) is 3.65. The lowest BCUT2D eigenvalue weighted by Crippen LogP contribution is -2.23. The number of nitrogens with zero attached hydrogens (tertiary/aromatic N) is 3. The summed E-state index contributed by atoms with van der Waals surface area (Å²) < 4.78 is 7.70. The van der Waals surface area contributed by atoms with E-state index in [-0.39, 0.29) is 11.8 Å². The van der Waals surface area contributed by atoms with Gasteiger partial charge >= 0.3 is 0 Å². The molecule has 0 fully saturated rings. The van der Waals surface area contributed by atoms with Crippen LogP contribution in [0.1, 0.15) is 47.7 Å². The molecule has 0 bridgehead atoms. The highest BCUT2D eigenvalue weighted by Gasteiger charge is 2.34. The summed E-state index contributed by atoms with van der Waals surface area (Å²) in [5, 5.41) is 7.39. The Morgan fingerprint density at radius 1 is 1.39 bits per heavy atom. The number of aryl methyl sites for hydroxylation is 3. The molecule has 0 aromatic carbocycles. The molecular weight excluding hydrogens is 292 g/mol. The summed E-state index contributed by atoms with van der Waals surface area (Å²) in [7, 11) is 0. The van der Waals surface area contributed by atoms with Crippen LogP contribution in [0.15, 0.2) is 22.6 Å². The van der Waals surface area contributed by atoms with Crippen molar-refractivity contribution >= 4 is 17.4 Å². The highest BCUT2D eigenvalue weighted by Crippen LogP contribution is 2.39. The minimum absolute atomic E-state index is 0.0465. The Morgan fingerprint density at radius 2 is 2.22 bits per heavy atom. The van der Waals surface area contributed by atoms with Gasteiger partial charge in [0.05, 0.1) is 11.5 Å². The molecule has 0 radical (unpaired) electrons. The first-order valence-corrected chi connectivity index (χ1v) is 7.82. The summed E-state index contributed by atoms with van der Waals surface area (Å²) >= 11 is 0. The van der Waals surface area contributed by atoms with Crippen molar-refractivity contribution in [2.24, 2.45) is 0 Å². The summed E-state index contributed by atoms with van der Waals surface area (Å²) in [6.07, 6.45) is 1.18. The van der Waals surface area contributed by atoms with Crippen LogP contribution >= 0.6 is 0 Å². The monoisotopic (exact) mass is 310 g/mol. The Hall–Kier alpha value is -2.63. The van der Waals surface area contributed by atoms with E-state index in [1.807, 2.05) is 39.0 Å². The SMILES string of the molecule is CCc1ccc([C@@H]2CC(=O)Nc3nn4c(C)cc(C)nc4c32)o1. The number of aromatic nitrogens is 3. The Balaban J connectivity index is 1.96. The predicted molar refractivity (Wildman–Crippen MR) is 85.6 cm³/mol. The van der Waals surface area contributed by atoms with Crippen molar-refractivity contribution < 1.29 is 9.21 Å². The first kappa shape index (κ1) is 14.0. The summed E-state index contributed by atoms with van der Waals surface area (Å²) in [6.45, 7) is 6.00. The van der Waals surface area contributed by atoms with Crippen LogP contribution in [0.4, 0.5) is 5.82 Å². The lowest BCUT2D eigenvalue weighted by atomic mass is 9.91. The number of hydrogen-bond donors (Lipinski definition) is 1. The number of fused-ring (bicyclic) bond motifs is 3. The van der Waals surface area contributed by atoms with E-state index in [4.69, 9.17) is 4.42 Å². The number of rotatable bonds is 2. The minimum Gasteiger partial charge on any atom is -0.465 e. The van der Waals surface area contributed by atoms with Crippen molar-refractivity contribution in [1.82, 2.24) is 14.6 Å². The Morgan fingerprint density at radius 3 is 2.96 bits per heavy atom. The molecule has 4 heterocycles. The first-order chi connectivity index (χ1) is 11.1. The third-order valence-corrected chi connectivity index (χ3v) is 4.30. The average Bonchev–Trinajstić information content (AvgIpc) is 3.11. The molecule has 3 aromatic rings. The topological polar surface area (TPSA) is 72.4 Å². The van der Waals surface area contributed by atoms with E-state index >= 15 is 0 Å². The standard InChI is InChI=1S/C17H18N4O2/c1-4-11-5-6-13(23-11)12-8-14(22)19-16-15(12)17-18-9(2)7-10(3)21(17)20-16/h5-7,12H,4,8H2,1-3H3,(H,19,20,22)/t12-/m0/s1. The molecule has 0 saturated carbocycles. The Labute approximate surface area is 133 Å². The molecule has 23 heavy (non-hydrogen) atoms. The molecule has 118 valence electrons. The number of carbonyl (C=O) groups excluding carboxylic acids is 1. The molecule has 0 unspecified atom stereocenters. The van der Waals surface area contributed by atoms with Crippen molar-refractivity contribution in [3.8, 4) is 0 Å². The van der Waals surface area contributed by atoms with Crippen LogP contribution in [0.3, 0.4) is 0 Å². The van der Waals surface area contributed by atoms with Gasteiger partial charge in [-0.25, -0.2) is 9.50 Å². The molecule has 6 heteroatoms. The third kappa shape index (κ3) is 2.13. The molecule has 1 amide bonds. The van der Waals surface area contributed by atoms with Crippen LogP contribution in [-0.4, -0.2) is 20.5 Å². The van der Waals surface area contributed by atoms with E-state index in [0.29, 0.717) is 12.2 Å². The van der Waals surface area contributed by atoms with Gasteiger partial charge in [0.2, 0.25) is 5.91 Å². The highest BCUT2D eigenvalue weighted by atomic mass is 16.3. The molecule has 1 atom stereocenters. The van der Waals surface area contributed by atoms with Crippen LogP contribution in [0.25, 0.3) is 5.65 Å². The van der Waals surface area contributed by atoms with Gasteiger partial charge in [-0.15, -0.1) is 5.10 Å². The van der Waals surface area contributed by atoms with Gasteiger partial charge in [-0.1, -0.05) is 6.92 Å². The molecule has 1 aliphatic rings. The zero-order chi connectivity index (χ0) is 16.1. The number of amides is 1. The van der Waals surface area contributed by atoms with E-state index in [1.54, 1.807) is 4.52 Å². The van der Waals surface area contributed by atoms with Gasteiger partial charge in [-0.3, -0.25) is 4.79 Å². The van der Waals surface area contributed by atoms with Crippen molar-refractivity contribution in [2.75, 3.05) is 5.32 Å². The van der Waals surface area contributed by atoms with Crippen LogP contribution in [0.2, 0.25) is 0 Å². The number of anilines is 1. The second-order valence-corrected chi connectivity index (χ2v) is 6.00. The maximum atomic E-state index is 12.1. The molecule has 4 rings (SSSR count). The maximum absolute atomic E-state index is 12.1. The quantitative estimate of drug-likeness (QED) is 0.790. The fraction of sp³-hybridized carbons (Fsp3) is 0.353. The largest absolute Gasteiger partial charge is 0.465 e. The summed E-state index contributed by atoms with van der Waals surface area (Å²) in [6, 6.07) is 5.90. The fourth-order valence-electron chi connectivity index (χ4n) is 3.24. The smallest absolute Gasteiger partial charge is 0.226 e. The van der Waals surface area contributed by atoms with E-state index < -0.39 is 0 Å². The number of hydrogen-bond acceptors (Lipinski definition) is 4. The summed E-state index contributed by atoms with van der Waals surface area (Å²) in [5.74, 6) is 2.11. The van der Waals surface area contributed by atoms with Gasteiger partial charge in [0, 0.05) is 24.2 Å². The lowest BCUT2D eigenvalue weighted by Gasteiger charge is -2.19. The number of carbonyl (C=O) groups is 1. The van der Waals surface area contributed by atoms with E-state index in [9.17, 15) is 4.79 Å². The van der Waals surface area contributed by atoms with E-state index in [1.165, 1.54) is 0 Å². The summed E-state index contributed by atoms with van der Waals surface area (Å²) in [4.78, 5) is 16.7. The Bertz CT molecular complexity index is 922. The molecular formula is C17H18N4O2. The zero-order valence-electron chi connectivity index (χ0n) is 13.4. The van der Waals surface area contributed by atoms with Crippen LogP contribution in [-0.2, 0) is 11.2 Å². The molecule has 1 aliphatic heterocycles. The minimum atomic E-state index is -0.148. The third-order valence-electron chi connectivity index (χ3n) is 4.30. The molecule has 0 saturated heterocycles. The first-order valence-electron chi connectivity index (χ1n) is 7.82. The van der Waals surface area contributed by atoms with E-state index in [2.05, 4.69) is 15.4 Å². The molecule has 3 aromatic heterocycles. The average molecular weight is 310 g/mol. The zero-order valence-corrected chi connectivity index (χ0v) is 13.4. The highest BCUT2D eigenvalue weighted by molar-refractivity contribution is 5.95. The van der Waals surface area contributed by atoms with Gasteiger partial charge in [-0.05, 0) is 32.0 Å². The van der Waals surface area contributed by atoms with Gasteiger partial charge in [0.25, 0.3) is 0 Å². The van der Waals surface area contributed by atoms with E-state index in [0.717, 1.165) is 40.5 Å². The van der Waals surface area contributed by atoms with Crippen molar-refractivity contribution in [1.29, 1.82) is 0 Å². The normalized spacial score (nSPS) is 17.3. The second-order valence-electron chi connectivity index (χ2n) is 6.00. The van der Waals surface area contributed by atoms with Crippen LogP contribution in [0.5, 0.6) is 0 Å². The maximum Gasteiger partial charge on any atom is 0.226 e. The van der Waals surface area contributed by atoms with Crippen LogP contribution < -0.4 is 5.32 Å². The number of nitrogens with one attached hydrogen (secondary N) is 1. The predicted octanol–water partition coefficient (Wildman–Crippen LogP) is 2.98. The lowest BCUT2D eigenvalue weighted by molar-refractivity contribution is -0.116. The van der Waals surface area contributed by atoms with Crippen LogP contribution in [0, 0.1) is 13.8 Å². The fourth-order valence-corrected chi connectivity index (χ4v) is 3.24. The van der Waals surface area contributed by atoms with Gasteiger partial charge in [-0.2, -0.15) is 0 Å². The molecule has 0 aliphatic carbocycles. The molecule has 6 nitrogen and oxygen atoms in total. The van der Waals surface area contributed by atoms with Gasteiger partial charge < -0.3 is 9.73 Å². The van der Waals surface area contributed by atoms with Crippen molar-refractivity contribution in [3.63, 3.8) is 0 Å². The molecule has 1 N–H and O–H groups in total. The second kappa shape index (κ2) is 4.94. The van der Waals surface area contributed by atoms with Crippen molar-refractivity contribution in [3.05, 3.63) is 46.7 Å². The molecule has 0 spiro atoms. The van der Waals surface area contributed by atoms with Gasteiger partial charge in [0.1, 0.15) is 11.5 Å².